The summed E-state index contributed by atoms with van der Waals surface area (Å²) in [6.45, 7) is 0.354. The molecule has 0 saturated carbocycles. The van der Waals surface area contributed by atoms with Crippen LogP contribution in [0.4, 0.5) is 0 Å². The van der Waals surface area contributed by atoms with Crippen molar-refractivity contribution in [1.29, 1.82) is 0 Å². The summed E-state index contributed by atoms with van der Waals surface area (Å²) in [6.07, 6.45) is 2.34. The standard InChI is InChI=1S/C11H12N4O2/c16-10-5-4-9(14-15-10)11(17)13-7-8-3-1-2-6-12-8/h1-3,6H,4-5,7H2,(H,13,17)(H,15,16). The predicted molar refractivity (Wildman–Crippen MR) is 60.9 cm³/mol. The average molecular weight is 232 g/mol. The molecule has 6 heteroatoms. The van der Waals surface area contributed by atoms with Gasteiger partial charge in [0.05, 0.1) is 12.2 Å². The number of hydrazone groups is 1. The molecular weight excluding hydrogens is 220 g/mol. The van der Waals surface area contributed by atoms with Crippen LogP contribution in [0.15, 0.2) is 29.5 Å². The highest BCUT2D eigenvalue weighted by Crippen LogP contribution is 2.00. The Morgan fingerprint density at radius 1 is 1.41 bits per heavy atom. The molecule has 0 radical (unpaired) electrons. The molecule has 0 unspecified atom stereocenters. The molecule has 2 rings (SSSR count). The molecule has 0 aliphatic carbocycles. The van der Waals surface area contributed by atoms with Crippen LogP contribution in [0.5, 0.6) is 0 Å². The van der Waals surface area contributed by atoms with Crippen LogP contribution in [0.3, 0.4) is 0 Å². The molecule has 2 heterocycles. The molecule has 2 N–H and O–H groups in total. The van der Waals surface area contributed by atoms with E-state index in [2.05, 4.69) is 20.8 Å². The third kappa shape index (κ3) is 3.10. The second-order valence-corrected chi connectivity index (χ2v) is 3.60. The van der Waals surface area contributed by atoms with Gasteiger partial charge in [0.15, 0.2) is 0 Å². The molecule has 1 aliphatic rings. The summed E-state index contributed by atoms with van der Waals surface area (Å²) < 4.78 is 0. The molecule has 0 aromatic carbocycles. The molecule has 0 saturated heterocycles. The zero-order valence-corrected chi connectivity index (χ0v) is 9.14. The zero-order valence-electron chi connectivity index (χ0n) is 9.14. The Morgan fingerprint density at radius 3 is 2.94 bits per heavy atom. The van der Waals surface area contributed by atoms with Crippen LogP contribution >= 0.6 is 0 Å². The van der Waals surface area contributed by atoms with Gasteiger partial charge in [0, 0.05) is 19.0 Å². The molecule has 0 fully saturated rings. The van der Waals surface area contributed by atoms with Crippen molar-refractivity contribution in [2.75, 3.05) is 0 Å². The minimum absolute atomic E-state index is 0.161. The summed E-state index contributed by atoms with van der Waals surface area (Å²) in [4.78, 5) is 26.6. The van der Waals surface area contributed by atoms with Crippen molar-refractivity contribution < 1.29 is 9.59 Å². The quantitative estimate of drug-likeness (QED) is 0.767. The van der Waals surface area contributed by atoms with E-state index < -0.39 is 0 Å². The minimum Gasteiger partial charge on any atom is -0.345 e. The van der Waals surface area contributed by atoms with Gasteiger partial charge in [-0.2, -0.15) is 5.10 Å². The summed E-state index contributed by atoms with van der Waals surface area (Å²) >= 11 is 0. The first-order chi connectivity index (χ1) is 8.25. The number of pyridine rings is 1. The molecule has 1 aromatic heterocycles. The Labute approximate surface area is 98.1 Å². The zero-order chi connectivity index (χ0) is 12.1. The highest BCUT2D eigenvalue weighted by Gasteiger charge is 2.17. The van der Waals surface area contributed by atoms with E-state index in [1.807, 2.05) is 18.2 Å². The fourth-order valence-corrected chi connectivity index (χ4v) is 1.41. The largest absolute Gasteiger partial charge is 0.345 e. The van der Waals surface area contributed by atoms with E-state index >= 15 is 0 Å². The first-order valence-corrected chi connectivity index (χ1v) is 5.29. The smallest absolute Gasteiger partial charge is 0.267 e. The summed E-state index contributed by atoms with van der Waals surface area (Å²) in [5, 5.41) is 6.41. The van der Waals surface area contributed by atoms with Crippen molar-refractivity contribution in [1.82, 2.24) is 15.7 Å². The number of carbonyl (C=O) groups is 2. The molecule has 17 heavy (non-hydrogen) atoms. The highest BCUT2D eigenvalue weighted by atomic mass is 16.2. The van der Waals surface area contributed by atoms with E-state index in [0.29, 0.717) is 25.1 Å². The van der Waals surface area contributed by atoms with Crippen molar-refractivity contribution in [3.8, 4) is 0 Å². The fourth-order valence-electron chi connectivity index (χ4n) is 1.41. The lowest BCUT2D eigenvalue weighted by Gasteiger charge is -2.11. The van der Waals surface area contributed by atoms with E-state index in [1.165, 1.54) is 0 Å². The SMILES string of the molecule is O=C1CCC(C(=O)NCc2ccccn2)=NN1. The number of nitrogens with one attached hydrogen (secondary N) is 2. The monoisotopic (exact) mass is 232 g/mol. The van der Waals surface area contributed by atoms with E-state index in [1.54, 1.807) is 6.20 Å². The number of hydrogen-bond donors (Lipinski definition) is 2. The lowest BCUT2D eigenvalue weighted by molar-refractivity contribution is -0.121. The van der Waals surface area contributed by atoms with Crippen molar-refractivity contribution in [2.24, 2.45) is 5.10 Å². The van der Waals surface area contributed by atoms with Gasteiger partial charge in [-0.05, 0) is 12.1 Å². The van der Waals surface area contributed by atoms with Gasteiger partial charge in [0.1, 0.15) is 5.71 Å². The third-order valence-electron chi connectivity index (χ3n) is 2.32. The summed E-state index contributed by atoms with van der Waals surface area (Å²) in [5.74, 6) is -0.429. The van der Waals surface area contributed by atoms with Crippen LogP contribution in [0.25, 0.3) is 0 Å². The maximum absolute atomic E-state index is 11.7. The van der Waals surface area contributed by atoms with E-state index in [-0.39, 0.29) is 11.8 Å². The van der Waals surface area contributed by atoms with Crippen LogP contribution in [-0.4, -0.2) is 22.5 Å². The summed E-state index contributed by atoms with van der Waals surface area (Å²) in [6, 6.07) is 5.49. The Kier molecular flexibility index (Phi) is 3.44. The molecule has 1 aliphatic heterocycles. The molecule has 2 amide bonds. The van der Waals surface area contributed by atoms with Gasteiger partial charge in [-0.3, -0.25) is 14.6 Å². The van der Waals surface area contributed by atoms with E-state index in [0.717, 1.165) is 5.69 Å². The molecule has 88 valence electrons. The molecule has 0 bridgehead atoms. The van der Waals surface area contributed by atoms with Gasteiger partial charge in [-0.15, -0.1) is 0 Å². The number of nitrogens with zero attached hydrogens (tertiary/aromatic N) is 2. The van der Waals surface area contributed by atoms with Crippen molar-refractivity contribution in [2.45, 2.75) is 19.4 Å². The second-order valence-electron chi connectivity index (χ2n) is 3.60. The maximum Gasteiger partial charge on any atom is 0.267 e. The minimum atomic E-state index is -0.268. The van der Waals surface area contributed by atoms with Gasteiger partial charge in [-0.25, -0.2) is 5.43 Å². The van der Waals surface area contributed by atoms with Crippen molar-refractivity contribution >= 4 is 17.5 Å². The Bertz CT molecular complexity index is 456. The lowest BCUT2D eigenvalue weighted by atomic mass is 10.1. The first-order valence-electron chi connectivity index (χ1n) is 5.29. The van der Waals surface area contributed by atoms with Crippen LogP contribution in [0, 0.1) is 0 Å². The molecular formula is C11H12N4O2. The topological polar surface area (TPSA) is 83.5 Å². The maximum atomic E-state index is 11.7. The van der Waals surface area contributed by atoms with Gasteiger partial charge < -0.3 is 5.32 Å². The molecule has 1 aromatic rings. The van der Waals surface area contributed by atoms with Gasteiger partial charge >= 0.3 is 0 Å². The van der Waals surface area contributed by atoms with Crippen LogP contribution in [0.2, 0.25) is 0 Å². The summed E-state index contributed by atoms with van der Waals surface area (Å²) in [5.41, 5.74) is 3.41. The van der Waals surface area contributed by atoms with E-state index in [9.17, 15) is 9.59 Å². The lowest BCUT2D eigenvalue weighted by Crippen LogP contribution is -2.36. The number of carbonyl (C=O) groups excluding carboxylic acids is 2. The second kappa shape index (κ2) is 5.20. The number of amides is 2. The molecule has 0 spiro atoms. The van der Waals surface area contributed by atoms with Gasteiger partial charge in [0.25, 0.3) is 5.91 Å². The van der Waals surface area contributed by atoms with Gasteiger partial charge in [-0.1, -0.05) is 6.07 Å². The molecule has 6 nitrogen and oxygen atoms in total. The first kappa shape index (κ1) is 11.3. The number of hydrogen-bond acceptors (Lipinski definition) is 4. The van der Waals surface area contributed by atoms with Crippen LogP contribution in [0.1, 0.15) is 18.5 Å². The Hall–Kier alpha value is -2.24. The van der Waals surface area contributed by atoms with Crippen molar-refractivity contribution in [3.63, 3.8) is 0 Å². The Morgan fingerprint density at radius 2 is 2.29 bits per heavy atom. The van der Waals surface area contributed by atoms with Crippen LogP contribution in [-0.2, 0) is 16.1 Å². The van der Waals surface area contributed by atoms with E-state index in [4.69, 9.17) is 0 Å². The highest BCUT2D eigenvalue weighted by molar-refractivity contribution is 6.39. The summed E-state index contributed by atoms with van der Waals surface area (Å²) in [7, 11) is 0. The predicted octanol–water partition coefficient (Wildman–Crippen LogP) is -0.0362. The van der Waals surface area contributed by atoms with Crippen LogP contribution < -0.4 is 10.7 Å². The Balaban J connectivity index is 1.88. The normalized spacial score (nSPS) is 14.8. The molecule has 0 atom stereocenters. The average Bonchev–Trinajstić information content (AvgIpc) is 2.38. The number of aromatic nitrogens is 1. The van der Waals surface area contributed by atoms with Crippen molar-refractivity contribution in [3.05, 3.63) is 30.1 Å². The number of rotatable bonds is 3. The van der Waals surface area contributed by atoms with Gasteiger partial charge in [0.2, 0.25) is 5.91 Å². The third-order valence-corrected chi connectivity index (χ3v) is 2.32. The fraction of sp³-hybridized carbons (Fsp3) is 0.273.